The number of rotatable bonds is 7. The summed E-state index contributed by atoms with van der Waals surface area (Å²) in [5.41, 5.74) is 3.07. The molecule has 1 aliphatic rings. The van der Waals surface area contributed by atoms with E-state index in [-0.39, 0.29) is 12.1 Å². The van der Waals surface area contributed by atoms with E-state index < -0.39 is 0 Å². The predicted octanol–water partition coefficient (Wildman–Crippen LogP) is 5.10. The first-order valence-electron chi connectivity index (χ1n) is 10.7. The van der Waals surface area contributed by atoms with Gasteiger partial charge in [-0.25, -0.2) is 0 Å². The highest BCUT2D eigenvalue weighted by Crippen LogP contribution is 2.42. The molecule has 32 heavy (non-hydrogen) atoms. The van der Waals surface area contributed by atoms with Gasteiger partial charge in [0.05, 0.1) is 31.2 Å². The van der Waals surface area contributed by atoms with Crippen molar-refractivity contribution in [1.82, 2.24) is 14.9 Å². The Morgan fingerprint density at radius 1 is 1.06 bits per heavy atom. The number of pyridine rings is 1. The summed E-state index contributed by atoms with van der Waals surface area (Å²) in [5, 5.41) is 4.18. The van der Waals surface area contributed by atoms with Crippen molar-refractivity contribution >= 4 is 23.0 Å². The lowest BCUT2D eigenvalue weighted by molar-refractivity contribution is 0.340. The number of nitrogens with one attached hydrogen (secondary N) is 1. The maximum Gasteiger partial charge on any atom is 0.174 e. The van der Waals surface area contributed by atoms with E-state index in [9.17, 15) is 0 Å². The molecule has 1 fully saturated rings. The van der Waals surface area contributed by atoms with Gasteiger partial charge in [0.15, 0.2) is 5.11 Å². The Labute approximate surface area is 192 Å². The van der Waals surface area contributed by atoms with Crippen LogP contribution in [0.5, 0.6) is 5.75 Å². The molecule has 0 spiro atoms. The molecule has 6 nitrogen and oxygen atoms in total. The fraction of sp³-hybridized carbons (Fsp3) is 0.200. The van der Waals surface area contributed by atoms with Crippen molar-refractivity contribution in [2.75, 3.05) is 11.5 Å². The van der Waals surface area contributed by atoms with E-state index in [4.69, 9.17) is 21.4 Å². The average molecular weight is 445 g/mol. The summed E-state index contributed by atoms with van der Waals surface area (Å²) >= 11 is 5.82. The van der Waals surface area contributed by atoms with Gasteiger partial charge in [-0.2, -0.15) is 0 Å². The van der Waals surface area contributed by atoms with Gasteiger partial charge in [-0.15, -0.1) is 0 Å². The minimum atomic E-state index is -0.0967. The van der Waals surface area contributed by atoms with Crippen molar-refractivity contribution in [1.29, 1.82) is 0 Å². The minimum absolute atomic E-state index is 0.0831. The summed E-state index contributed by atoms with van der Waals surface area (Å²) in [6.45, 7) is 3.26. The SMILES string of the molecule is CCOc1ccc(N2C(=S)N[C@@H](c3ccccn3)[C@H]2c2cccn2Cc2ccco2)cc1. The van der Waals surface area contributed by atoms with Gasteiger partial charge in [0.25, 0.3) is 0 Å². The van der Waals surface area contributed by atoms with Gasteiger partial charge in [-0.3, -0.25) is 4.98 Å². The molecule has 0 bridgehead atoms. The molecular formula is C25H24N4O2S. The largest absolute Gasteiger partial charge is 0.494 e. The second kappa shape index (κ2) is 8.88. The van der Waals surface area contributed by atoms with Crippen molar-refractivity contribution in [3.05, 3.63) is 103 Å². The number of benzene rings is 1. The quantitative estimate of drug-likeness (QED) is 0.400. The molecule has 5 rings (SSSR count). The van der Waals surface area contributed by atoms with Crippen molar-refractivity contribution in [2.45, 2.75) is 25.6 Å². The molecule has 0 saturated carbocycles. The molecule has 2 atom stereocenters. The number of nitrogens with zero attached hydrogens (tertiary/aromatic N) is 3. The molecule has 3 aromatic heterocycles. The lowest BCUT2D eigenvalue weighted by atomic mass is 10.0. The monoisotopic (exact) mass is 444 g/mol. The van der Waals surface area contributed by atoms with Gasteiger partial charge in [0.2, 0.25) is 0 Å². The van der Waals surface area contributed by atoms with Crippen LogP contribution in [-0.2, 0) is 6.54 Å². The fourth-order valence-corrected chi connectivity index (χ4v) is 4.56. The number of thiocarbonyl (C=S) groups is 1. The predicted molar refractivity (Wildman–Crippen MR) is 128 cm³/mol. The highest BCUT2D eigenvalue weighted by atomic mass is 32.1. The van der Waals surface area contributed by atoms with Crippen molar-refractivity contribution < 1.29 is 9.15 Å². The summed E-state index contributed by atoms with van der Waals surface area (Å²) in [5.74, 6) is 1.74. The molecule has 0 aliphatic carbocycles. The van der Waals surface area contributed by atoms with E-state index in [1.807, 2.05) is 67.7 Å². The third-order valence-electron chi connectivity index (χ3n) is 5.60. The van der Waals surface area contributed by atoms with Crippen molar-refractivity contribution in [2.24, 2.45) is 0 Å². The maximum absolute atomic E-state index is 5.82. The highest BCUT2D eigenvalue weighted by molar-refractivity contribution is 7.80. The van der Waals surface area contributed by atoms with E-state index >= 15 is 0 Å². The van der Waals surface area contributed by atoms with Gasteiger partial charge >= 0.3 is 0 Å². The van der Waals surface area contributed by atoms with Gasteiger partial charge < -0.3 is 23.9 Å². The van der Waals surface area contributed by atoms with Crippen LogP contribution in [0.2, 0.25) is 0 Å². The Morgan fingerprint density at radius 2 is 1.94 bits per heavy atom. The first kappa shape index (κ1) is 20.3. The summed E-state index contributed by atoms with van der Waals surface area (Å²) in [6.07, 6.45) is 5.59. The van der Waals surface area contributed by atoms with E-state index in [0.717, 1.165) is 28.6 Å². The summed E-state index contributed by atoms with van der Waals surface area (Å²) in [7, 11) is 0. The zero-order valence-electron chi connectivity index (χ0n) is 17.7. The normalized spacial score (nSPS) is 18.0. The Bertz CT molecular complexity index is 1170. The molecule has 0 radical (unpaired) electrons. The van der Waals surface area contributed by atoms with Crippen LogP contribution in [0.1, 0.15) is 36.2 Å². The second-order valence-corrected chi connectivity index (χ2v) is 7.95. The number of ether oxygens (including phenoxy) is 1. The Balaban J connectivity index is 1.57. The summed E-state index contributed by atoms with van der Waals surface area (Å²) in [6, 6.07) is 21.9. The highest BCUT2D eigenvalue weighted by Gasteiger charge is 2.42. The van der Waals surface area contributed by atoms with Crippen LogP contribution < -0.4 is 15.0 Å². The van der Waals surface area contributed by atoms with Gasteiger partial charge in [-0.1, -0.05) is 6.07 Å². The van der Waals surface area contributed by atoms with E-state index in [2.05, 4.69) is 38.1 Å². The van der Waals surface area contributed by atoms with Crippen LogP contribution in [0.15, 0.2) is 89.8 Å². The summed E-state index contributed by atoms with van der Waals surface area (Å²) < 4.78 is 13.4. The molecule has 1 saturated heterocycles. The lowest BCUT2D eigenvalue weighted by Crippen LogP contribution is -2.30. The standard InChI is InChI=1S/C25H24N4O2S/c1-2-30-19-12-10-18(11-13-19)29-24(23(27-25(29)32)21-8-3-4-14-26-21)22-9-5-15-28(22)17-20-7-6-16-31-20/h3-16,23-24H,2,17H2,1H3,(H,27,32)/t23-,24+/m0/s1. The van der Waals surface area contributed by atoms with Crippen LogP contribution in [-0.4, -0.2) is 21.3 Å². The van der Waals surface area contributed by atoms with Gasteiger partial charge in [-0.05, 0) is 79.8 Å². The van der Waals surface area contributed by atoms with E-state index in [1.54, 1.807) is 6.26 Å². The van der Waals surface area contributed by atoms with Crippen molar-refractivity contribution in [3.63, 3.8) is 0 Å². The first-order valence-corrected chi connectivity index (χ1v) is 11.1. The molecule has 1 aliphatic heterocycles. The second-order valence-electron chi connectivity index (χ2n) is 7.56. The molecule has 1 aromatic carbocycles. The Kier molecular flexibility index (Phi) is 5.64. The fourth-order valence-electron chi connectivity index (χ4n) is 4.21. The molecular weight excluding hydrogens is 420 g/mol. The minimum Gasteiger partial charge on any atom is -0.494 e. The number of hydrogen-bond donors (Lipinski definition) is 1. The molecule has 0 amide bonds. The van der Waals surface area contributed by atoms with E-state index in [0.29, 0.717) is 18.3 Å². The van der Waals surface area contributed by atoms with Crippen molar-refractivity contribution in [3.8, 4) is 5.75 Å². The van der Waals surface area contributed by atoms with Crippen LogP contribution in [0.4, 0.5) is 5.69 Å². The molecule has 4 aromatic rings. The maximum atomic E-state index is 5.82. The lowest BCUT2D eigenvalue weighted by Gasteiger charge is -2.29. The Hall–Kier alpha value is -3.58. The van der Waals surface area contributed by atoms with Crippen LogP contribution >= 0.6 is 12.2 Å². The third kappa shape index (κ3) is 3.87. The van der Waals surface area contributed by atoms with Gasteiger partial charge in [0.1, 0.15) is 17.6 Å². The smallest absolute Gasteiger partial charge is 0.174 e. The number of anilines is 1. The third-order valence-corrected chi connectivity index (χ3v) is 5.91. The Morgan fingerprint density at radius 3 is 2.66 bits per heavy atom. The molecule has 7 heteroatoms. The topological polar surface area (TPSA) is 55.5 Å². The number of hydrogen-bond acceptors (Lipinski definition) is 4. The molecule has 162 valence electrons. The number of furan rings is 1. The van der Waals surface area contributed by atoms with Crippen LogP contribution in [0.25, 0.3) is 0 Å². The molecule has 1 N–H and O–H groups in total. The zero-order chi connectivity index (χ0) is 21.9. The first-order chi connectivity index (χ1) is 15.7. The van der Waals surface area contributed by atoms with Gasteiger partial charge in [0, 0.05) is 23.8 Å². The average Bonchev–Trinajstić information content (AvgIpc) is 3.56. The number of aromatic nitrogens is 2. The van der Waals surface area contributed by atoms with Crippen LogP contribution in [0, 0.1) is 0 Å². The molecule has 0 unspecified atom stereocenters. The molecule has 4 heterocycles. The zero-order valence-corrected chi connectivity index (χ0v) is 18.5. The van der Waals surface area contributed by atoms with E-state index in [1.165, 1.54) is 0 Å². The summed E-state index contributed by atoms with van der Waals surface area (Å²) in [4.78, 5) is 6.80. The van der Waals surface area contributed by atoms with Crippen LogP contribution in [0.3, 0.4) is 0 Å².